The summed E-state index contributed by atoms with van der Waals surface area (Å²) in [6.07, 6.45) is -0.868. The van der Waals surface area contributed by atoms with Crippen LogP contribution in [0.5, 0.6) is 0 Å². The monoisotopic (exact) mass is 297 g/mol. The lowest BCUT2D eigenvalue weighted by atomic mass is 10.0. The zero-order valence-corrected chi connectivity index (χ0v) is 12.9. The molecule has 0 heterocycles. The normalized spacial score (nSPS) is 11.6. The summed E-state index contributed by atoms with van der Waals surface area (Å²) in [7, 11) is 0. The van der Waals surface area contributed by atoms with E-state index in [1.807, 2.05) is 38.1 Å². The van der Waals surface area contributed by atoms with E-state index in [1.54, 1.807) is 31.2 Å². The molecule has 4 nitrogen and oxygen atoms in total. The maximum absolute atomic E-state index is 12.2. The summed E-state index contributed by atoms with van der Waals surface area (Å²) in [6.45, 7) is 5.35. The van der Waals surface area contributed by atoms with Crippen molar-refractivity contribution in [3.05, 3.63) is 65.2 Å². The standard InChI is InChI=1S/C18H19NO3/c1-12-8-7-11-16(13(12)2)18(21)22-14(3)17(20)19-15-9-5-4-6-10-15/h4-11,14H,1-3H3,(H,19,20)/t14-/m1/s1. The lowest BCUT2D eigenvalue weighted by Crippen LogP contribution is -2.30. The second kappa shape index (κ2) is 6.89. The van der Waals surface area contributed by atoms with Crippen LogP contribution in [0, 0.1) is 13.8 Å². The van der Waals surface area contributed by atoms with Gasteiger partial charge in [-0.2, -0.15) is 0 Å². The van der Waals surface area contributed by atoms with Gasteiger partial charge in [-0.1, -0.05) is 30.3 Å². The molecule has 0 radical (unpaired) electrons. The molecular weight excluding hydrogens is 278 g/mol. The van der Waals surface area contributed by atoms with Crippen molar-refractivity contribution >= 4 is 17.6 Å². The molecule has 22 heavy (non-hydrogen) atoms. The second-order valence-electron chi connectivity index (χ2n) is 5.15. The Labute approximate surface area is 130 Å². The average molecular weight is 297 g/mol. The molecule has 4 heteroatoms. The number of carbonyl (C=O) groups is 2. The summed E-state index contributed by atoms with van der Waals surface area (Å²) in [6, 6.07) is 14.5. The molecular formula is C18H19NO3. The van der Waals surface area contributed by atoms with Gasteiger partial charge in [0.15, 0.2) is 6.10 Å². The quantitative estimate of drug-likeness (QED) is 0.879. The molecule has 2 rings (SSSR count). The zero-order chi connectivity index (χ0) is 16.1. The third kappa shape index (κ3) is 3.73. The number of para-hydroxylation sites is 1. The van der Waals surface area contributed by atoms with Crippen LogP contribution in [-0.2, 0) is 9.53 Å². The Morgan fingerprint density at radius 2 is 1.68 bits per heavy atom. The Morgan fingerprint density at radius 3 is 2.36 bits per heavy atom. The first kappa shape index (κ1) is 15.8. The molecule has 0 aliphatic carbocycles. The van der Waals surface area contributed by atoms with Gasteiger partial charge in [-0.3, -0.25) is 4.79 Å². The van der Waals surface area contributed by atoms with Crippen LogP contribution in [0.2, 0.25) is 0 Å². The second-order valence-corrected chi connectivity index (χ2v) is 5.15. The number of ether oxygens (including phenoxy) is 1. The summed E-state index contributed by atoms with van der Waals surface area (Å²) in [4.78, 5) is 24.2. The van der Waals surface area contributed by atoms with Crippen LogP contribution in [0.4, 0.5) is 5.69 Å². The number of hydrogen-bond acceptors (Lipinski definition) is 3. The summed E-state index contributed by atoms with van der Waals surface area (Å²) in [5, 5.41) is 2.71. The smallest absolute Gasteiger partial charge is 0.339 e. The minimum Gasteiger partial charge on any atom is -0.449 e. The van der Waals surface area contributed by atoms with Crippen molar-refractivity contribution in [1.29, 1.82) is 0 Å². The lowest BCUT2D eigenvalue weighted by molar-refractivity contribution is -0.123. The van der Waals surface area contributed by atoms with Gasteiger partial charge >= 0.3 is 5.97 Å². The molecule has 0 aromatic heterocycles. The van der Waals surface area contributed by atoms with Gasteiger partial charge in [0.25, 0.3) is 5.91 Å². The van der Waals surface area contributed by atoms with Gasteiger partial charge < -0.3 is 10.1 Å². The van der Waals surface area contributed by atoms with Crippen molar-refractivity contribution in [1.82, 2.24) is 0 Å². The molecule has 0 fully saturated rings. The van der Waals surface area contributed by atoms with Gasteiger partial charge in [0.05, 0.1) is 5.56 Å². The van der Waals surface area contributed by atoms with E-state index in [-0.39, 0.29) is 5.91 Å². The molecule has 1 N–H and O–H groups in total. The summed E-state index contributed by atoms with van der Waals surface area (Å²) in [5.41, 5.74) is 3.03. The van der Waals surface area contributed by atoms with Gasteiger partial charge in [0.2, 0.25) is 0 Å². The predicted molar refractivity (Wildman–Crippen MR) is 85.9 cm³/mol. The summed E-state index contributed by atoms with van der Waals surface area (Å²) < 4.78 is 5.26. The van der Waals surface area contributed by atoms with E-state index in [9.17, 15) is 9.59 Å². The predicted octanol–water partition coefficient (Wildman–Crippen LogP) is 3.49. The van der Waals surface area contributed by atoms with E-state index in [0.29, 0.717) is 11.3 Å². The zero-order valence-electron chi connectivity index (χ0n) is 12.9. The van der Waals surface area contributed by atoms with Crippen LogP contribution in [-0.4, -0.2) is 18.0 Å². The Hall–Kier alpha value is -2.62. The highest BCUT2D eigenvalue weighted by Crippen LogP contribution is 2.15. The number of hydrogen-bond donors (Lipinski definition) is 1. The Balaban J connectivity index is 2.02. The average Bonchev–Trinajstić information content (AvgIpc) is 2.50. The number of rotatable bonds is 4. The molecule has 2 aromatic carbocycles. The minimum atomic E-state index is -0.868. The lowest BCUT2D eigenvalue weighted by Gasteiger charge is -2.15. The first-order valence-electron chi connectivity index (χ1n) is 7.12. The third-order valence-corrected chi connectivity index (χ3v) is 3.52. The summed E-state index contributed by atoms with van der Waals surface area (Å²) >= 11 is 0. The number of anilines is 1. The number of amides is 1. The van der Waals surface area contributed by atoms with E-state index < -0.39 is 12.1 Å². The minimum absolute atomic E-state index is 0.357. The molecule has 0 saturated carbocycles. The Morgan fingerprint density at radius 1 is 1.00 bits per heavy atom. The van der Waals surface area contributed by atoms with Gasteiger partial charge in [-0.15, -0.1) is 0 Å². The van der Waals surface area contributed by atoms with Crippen LogP contribution < -0.4 is 5.32 Å². The molecule has 0 aliphatic rings. The third-order valence-electron chi connectivity index (χ3n) is 3.52. The van der Waals surface area contributed by atoms with E-state index in [4.69, 9.17) is 4.74 Å². The molecule has 0 aliphatic heterocycles. The fraction of sp³-hybridized carbons (Fsp3) is 0.222. The van der Waals surface area contributed by atoms with Crippen LogP contribution in [0.1, 0.15) is 28.4 Å². The highest BCUT2D eigenvalue weighted by Gasteiger charge is 2.20. The van der Waals surface area contributed by atoms with Crippen molar-refractivity contribution in [3.8, 4) is 0 Å². The maximum Gasteiger partial charge on any atom is 0.339 e. The molecule has 0 unspecified atom stereocenters. The van der Waals surface area contributed by atoms with E-state index in [2.05, 4.69) is 5.32 Å². The van der Waals surface area contributed by atoms with Crippen molar-refractivity contribution in [2.45, 2.75) is 26.9 Å². The van der Waals surface area contributed by atoms with Crippen LogP contribution in [0.25, 0.3) is 0 Å². The Kier molecular flexibility index (Phi) is 4.94. The topological polar surface area (TPSA) is 55.4 Å². The number of esters is 1. The molecule has 0 bridgehead atoms. The van der Waals surface area contributed by atoms with Gasteiger partial charge in [-0.05, 0) is 50.1 Å². The van der Waals surface area contributed by atoms with Gasteiger partial charge in [-0.25, -0.2) is 4.79 Å². The molecule has 0 saturated heterocycles. The van der Waals surface area contributed by atoms with Crippen LogP contribution in [0.15, 0.2) is 48.5 Å². The van der Waals surface area contributed by atoms with Crippen molar-refractivity contribution in [2.24, 2.45) is 0 Å². The molecule has 114 valence electrons. The maximum atomic E-state index is 12.2. The Bertz CT molecular complexity index is 680. The number of carbonyl (C=O) groups excluding carboxylic acids is 2. The van der Waals surface area contributed by atoms with Crippen LogP contribution >= 0.6 is 0 Å². The highest BCUT2D eigenvalue weighted by molar-refractivity contribution is 5.97. The summed E-state index contributed by atoms with van der Waals surface area (Å²) in [5.74, 6) is -0.846. The number of benzene rings is 2. The van der Waals surface area contributed by atoms with Crippen molar-refractivity contribution in [2.75, 3.05) is 5.32 Å². The molecule has 2 aromatic rings. The first-order valence-corrected chi connectivity index (χ1v) is 7.12. The van der Waals surface area contributed by atoms with E-state index in [0.717, 1.165) is 11.1 Å². The van der Waals surface area contributed by atoms with Gasteiger partial charge in [0.1, 0.15) is 0 Å². The van der Waals surface area contributed by atoms with E-state index >= 15 is 0 Å². The fourth-order valence-corrected chi connectivity index (χ4v) is 2.02. The van der Waals surface area contributed by atoms with Crippen molar-refractivity contribution in [3.63, 3.8) is 0 Å². The highest BCUT2D eigenvalue weighted by atomic mass is 16.5. The van der Waals surface area contributed by atoms with Crippen molar-refractivity contribution < 1.29 is 14.3 Å². The van der Waals surface area contributed by atoms with E-state index in [1.165, 1.54) is 0 Å². The molecule has 1 atom stereocenters. The first-order chi connectivity index (χ1) is 10.5. The molecule has 0 spiro atoms. The van der Waals surface area contributed by atoms with Gasteiger partial charge in [0, 0.05) is 5.69 Å². The number of aryl methyl sites for hydroxylation is 1. The van der Waals surface area contributed by atoms with Crippen LogP contribution in [0.3, 0.4) is 0 Å². The number of nitrogens with one attached hydrogen (secondary N) is 1. The largest absolute Gasteiger partial charge is 0.449 e. The SMILES string of the molecule is Cc1cccc(C(=O)O[C@H](C)C(=O)Nc2ccccc2)c1C. The molecule has 1 amide bonds. The fourth-order valence-electron chi connectivity index (χ4n) is 2.02.